The van der Waals surface area contributed by atoms with Crippen molar-refractivity contribution in [2.75, 3.05) is 0 Å². The summed E-state index contributed by atoms with van der Waals surface area (Å²) in [4.78, 5) is 0. The van der Waals surface area contributed by atoms with Crippen LogP contribution in [0.3, 0.4) is 0 Å². The number of aliphatic hydroxyl groups excluding tert-OH is 1. The lowest BCUT2D eigenvalue weighted by Gasteiger charge is -2.11. The molecular formula is C17H16F2O. The standard InChI is InChI=1S/C17H16F2O/c18-15-7-6-11(8-16(15)19)9-17(20)14-10-13(14)12-4-2-1-3-5-12/h1-8,13-14,17,20H,9-10H2. The Labute approximate surface area is 116 Å². The quantitative estimate of drug-likeness (QED) is 0.902. The van der Waals surface area contributed by atoms with Gasteiger partial charge in [0.15, 0.2) is 11.6 Å². The van der Waals surface area contributed by atoms with Crippen LogP contribution in [0, 0.1) is 17.6 Å². The molecule has 0 radical (unpaired) electrons. The number of hydrogen-bond acceptors (Lipinski definition) is 1. The maximum atomic E-state index is 13.1. The first-order valence-corrected chi connectivity index (χ1v) is 6.82. The lowest BCUT2D eigenvalue weighted by atomic mass is 10.0. The van der Waals surface area contributed by atoms with Crippen LogP contribution in [0.25, 0.3) is 0 Å². The fourth-order valence-corrected chi connectivity index (χ4v) is 2.78. The van der Waals surface area contributed by atoms with Crippen LogP contribution in [-0.4, -0.2) is 11.2 Å². The minimum absolute atomic E-state index is 0.213. The highest BCUT2D eigenvalue weighted by Crippen LogP contribution is 2.50. The molecular weight excluding hydrogens is 258 g/mol. The molecule has 1 fully saturated rings. The van der Waals surface area contributed by atoms with Crippen LogP contribution < -0.4 is 0 Å². The third-order valence-electron chi connectivity index (χ3n) is 3.99. The fraction of sp³-hybridized carbons (Fsp3) is 0.294. The zero-order valence-corrected chi connectivity index (χ0v) is 11.0. The van der Waals surface area contributed by atoms with Crippen molar-refractivity contribution < 1.29 is 13.9 Å². The molecule has 0 amide bonds. The Morgan fingerprint density at radius 2 is 1.80 bits per heavy atom. The van der Waals surface area contributed by atoms with Gasteiger partial charge in [0.25, 0.3) is 0 Å². The van der Waals surface area contributed by atoms with Gasteiger partial charge in [0.1, 0.15) is 0 Å². The lowest BCUT2D eigenvalue weighted by Crippen LogP contribution is -2.14. The highest BCUT2D eigenvalue weighted by molar-refractivity contribution is 5.27. The van der Waals surface area contributed by atoms with Crippen LogP contribution in [0.5, 0.6) is 0 Å². The third-order valence-corrected chi connectivity index (χ3v) is 3.99. The van der Waals surface area contributed by atoms with Crippen LogP contribution >= 0.6 is 0 Å². The summed E-state index contributed by atoms with van der Waals surface area (Å²) in [6, 6.07) is 13.9. The van der Waals surface area contributed by atoms with E-state index in [1.165, 1.54) is 17.7 Å². The van der Waals surface area contributed by atoms with Crippen LogP contribution in [0.1, 0.15) is 23.5 Å². The summed E-state index contributed by atoms with van der Waals surface area (Å²) in [6.07, 6.45) is 0.810. The predicted molar refractivity (Wildman–Crippen MR) is 73.4 cm³/mol. The Balaban J connectivity index is 1.63. The normalized spacial score (nSPS) is 22.6. The van der Waals surface area contributed by atoms with Crippen molar-refractivity contribution in [3.63, 3.8) is 0 Å². The molecule has 0 heterocycles. The molecule has 2 aromatic rings. The zero-order valence-electron chi connectivity index (χ0n) is 11.0. The topological polar surface area (TPSA) is 20.2 Å². The fourth-order valence-electron chi connectivity index (χ4n) is 2.78. The maximum Gasteiger partial charge on any atom is 0.159 e. The predicted octanol–water partition coefficient (Wildman–Crippen LogP) is 3.67. The van der Waals surface area contributed by atoms with Crippen molar-refractivity contribution in [2.24, 2.45) is 5.92 Å². The monoisotopic (exact) mass is 274 g/mol. The molecule has 1 aliphatic carbocycles. The number of hydrogen-bond donors (Lipinski definition) is 1. The molecule has 2 aromatic carbocycles. The van der Waals surface area contributed by atoms with E-state index in [1.807, 2.05) is 18.2 Å². The van der Waals surface area contributed by atoms with E-state index in [2.05, 4.69) is 12.1 Å². The molecule has 20 heavy (non-hydrogen) atoms. The summed E-state index contributed by atoms with van der Waals surface area (Å²) < 4.78 is 26.0. The van der Waals surface area contributed by atoms with E-state index in [1.54, 1.807) is 0 Å². The second-order valence-electron chi connectivity index (χ2n) is 5.44. The molecule has 1 aliphatic rings. The zero-order chi connectivity index (χ0) is 14.1. The second kappa shape index (κ2) is 5.33. The molecule has 3 atom stereocenters. The van der Waals surface area contributed by atoms with E-state index in [0.29, 0.717) is 17.9 Å². The largest absolute Gasteiger partial charge is 0.392 e. The molecule has 3 unspecified atom stereocenters. The Morgan fingerprint density at radius 3 is 2.50 bits per heavy atom. The number of aliphatic hydroxyl groups is 1. The molecule has 104 valence electrons. The highest BCUT2D eigenvalue weighted by Gasteiger charge is 2.42. The van der Waals surface area contributed by atoms with Crippen molar-refractivity contribution in [1.29, 1.82) is 0 Å². The molecule has 1 N–H and O–H groups in total. The van der Waals surface area contributed by atoms with Crippen LogP contribution in [0.2, 0.25) is 0 Å². The van der Waals surface area contributed by atoms with E-state index in [9.17, 15) is 13.9 Å². The first-order chi connectivity index (χ1) is 9.65. The first-order valence-electron chi connectivity index (χ1n) is 6.82. The van der Waals surface area contributed by atoms with Crippen molar-refractivity contribution in [3.8, 4) is 0 Å². The van der Waals surface area contributed by atoms with Gasteiger partial charge in [-0.3, -0.25) is 0 Å². The number of rotatable bonds is 4. The highest BCUT2D eigenvalue weighted by atomic mass is 19.2. The van der Waals surface area contributed by atoms with Gasteiger partial charge in [0.2, 0.25) is 0 Å². The van der Waals surface area contributed by atoms with Crippen molar-refractivity contribution >= 4 is 0 Å². The van der Waals surface area contributed by atoms with Gasteiger partial charge in [-0.1, -0.05) is 36.4 Å². The van der Waals surface area contributed by atoms with E-state index in [4.69, 9.17) is 0 Å². The molecule has 0 spiro atoms. The summed E-state index contributed by atoms with van der Waals surface area (Å²) in [6.45, 7) is 0. The van der Waals surface area contributed by atoms with Gasteiger partial charge >= 0.3 is 0 Å². The molecule has 3 heteroatoms. The van der Waals surface area contributed by atoms with Crippen molar-refractivity contribution in [3.05, 3.63) is 71.3 Å². The Morgan fingerprint density at radius 1 is 1.05 bits per heavy atom. The molecule has 0 saturated heterocycles. The molecule has 1 saturated carbocycles. The Hall–Kier alpha value is -1.74. The van der Waals surface area contributed by atoms with E-state index >= 15 is 0 Å². The van der Waals surface area contributed by atoms with Gasteiger partial charge < -0.3 is 5.11 Å². The molecule has 1 nitrogen and oxygen atoms in total. The SMILES string of the molecule is OC(Cc1ccc(F)c(F)c1)C1CC1c1ccccc1. The maximum absolute atomic E-state index is 13.1. The third kappa shape index (κ3) is 2.73. The summed E-state index contributed by atoms with van der Waals surface area (Å²) in [5.41, 5.74) is 1.87. The van der Waals surface area contributed by atoms with Crippen LogP contribution in [0.15, 0.2) is 48.5 Å². The molecule has 0 aliphatic heterocycles. The molecule has 3 rings (SSSR count). The average Bonchev–Trinajstić information content (AvgIpc) is 3.24. The van der Waals surface area contributed by atoms with Gasteiger partial charge in [-0.15, -0.1) is 0 Å². The van der Waals surface area contributed by atoms with E-state index in [-0.39, 0.29) is 5.92 Å². The average molecular weight is 274 g/mol. The van der Waals surface area contributed by atoms with Crippen LogP contribution in [0.4, 0.5) is 8.78 Å². The second-order valence-corrected chi connectivity index (χ2v) is 5.44. The molecule has 0 bridgehead atoms. The Bertz CT molecular complexity index is 597. The minimum atomic E-state index is -0.856. The summed E-state index contributed by atoms with van der Waals surface area (Å²) in [5, 5.41) is 10.2. The van der Waals surface area contributed by atoms with Gasteiger partial charge in [0, 0.05) is 0 Å². The van der Waals surface area contributed by atoms with Crippen molar-refractivity contribution in [2.45, 2.75) is 24.9 Å². The Kier molecular flexibility index (Phi) is 3.53. The minimum Gasteiger partial charge on any atom is -0.392 e. The number of halogens is 2. The summed E-state index contributed by atoms with van der Waals surface area (Å²) >= 11 is 0. The van der Waals surface area contributed by atoms with Gasteiger partial charge in [-0.2, -0.15) is 0 Å². The van der Waals surface area contributed by atoms with E-state index in [0.717, 1.165) is 12.5 Å². The van der Waals surface area contributed by atoms with Crippen molar-refractivity contribution in [1.82, 2.24) is 0 Å². The summed E-state index contributed by atoms with van der Waals surface area (Å²) in [7, 11) is 0. The van der Waals surface area contributed by atoms with E-state index < -0.39 is 17.7 Å². The smallest absolute Gasteiger partial charge is 0.159 e. The number of benzene rings is 2. The van der Waals surface area contributed by atoms with Crippen LogP contribution in [-0.2, 0) is 6.42 Å². The van der Waals surface area contributed by atoms with Gasteiger partial charge in [-0.05, 0) is 47.9 Å². The first kappa shape index (κ1) is 13.3. The molecule has 0 aromatic heterocycles. The lowest BCUT2D eigenvalue weighted by molar-refractivity contribution is 0.149. The van der Waals surface area contributed by atoms with Gasteiger partial charge in [0.05, 0.1) is 6.10 Å². The summed E-state index contributed by atoms with van der Waals surface area (Å²) in [5.74, 6) is -1.11. The van der Waals surface area contributed by atoms with Gasteiger partial charge in [-0.25, -0.2) is 8.78 Å².